The smallest absolute Gasteiger partial charge is 0.174 e. The van der Waals surface area contributed by atoms with Gasteiger partial charge in [0.2, 0.25) is 0 Å². The molecule has 3 aromatic carbocycles. The molecule has 1 aromatic heterocycles. The summed E-state index contributed by atoms with van der Waals surface area (Å²) >= 11 is 0. The second kappa shape index (κ2) is 9.54. The summed E-state index contributed by atoms with van der Waals surface area (Å²) < 4.78 is 2.11. The zero-order valence-electron chi connectivity index (χ0n) is 18.4. The van der Waals surface area contributed by atoms with E-state index in [1.807, 2.05) is 54.6 Å². The fourth-order valence-electron chi connectivity index (χ4n) is 4.32. The molecule has 33 heavy (non-hydrogen) atoms. The molecule has 0 saturated heterocycles. The average Bonchev–Trinajstić information content (AvgIpc) is 3.12. The first-order valence-electron chi connectivity index (χ1n) is 11.4. The monoisotopic (exact) mass is 431 g/mol. The number of hydrogen-bond acceptors (Lipinski definition) is 4. The van der Waals surface area contributed by atoms with Crippen molar-refractivity contribution in [2.45, 2.75) is 32.2 Å². The van der Waals surface area contributed by atoms with Crippen LogP contribution in [0.25, 0.3) is 11.6 Å². The third-order valence-corrected chi connectivity index (χ3v) is 5.96. The van der Waals surface area contributed by atoms with Gasteiger partial charge in [-0.15, -0.1) is 10.2 Å². The third-order valence-electron chi connectivity index (χ3n) is 5.96. The van der Waals surface area contributed by atoms with Crippen molar-refractivity contribution in [3.8, 4) is 6.07 Å². The van der Waals surface area contributed by atoms with Gasteiger partial charge in [-0.2, -0.15) is 5.26 Å². The molecule has 1 aliphatic rings. The van der Waals surface area contributed by atoms with Gasteiger partial charge in [0.1, 0.15) is 11.9 Å². The van der Waals surface area contributed by atoms with E-state index in [4.69, 9.17) is 0 Å². The van der Waals surface area contributed by atoms with Crippen LogP contribution < -0.4 is 4.90 Å². The minimum atomic E-state index is 0.548. The normalized spacial score (nSPS) is 13.6. The van der Waals surface area contributed by atoms with Gasteiger partial charge in [-0.3, -0.25) is 0 Å². The zero-order chi connectivity index (χ0) is 22.5. The Balaban J connectivity index is 1.48. The second-order valence-electron chi connectivity index (χ2n) is 8.17. The van der Waals surface area contributed by atoms with Gasteiger partial charge in [0.05, 0.1) is 5.57 Å². The van der Waals surface area contributed by atoms with E-state index in [2.05, 4.69) is 62.1 Å². The summed E-state index contributed by atoms with van der Waals surface area (Å²) in [6.07, 6.45) is 6.25. The van der Waals surface area contributed by atoms with Crippen molar-refractivity contribution in [3.63, 3.8) is 0 Å². The van der Waals surface area contributed by atoms with Crippen LogP contribution in [0.1, 0.15) is 36.5 Å². The molecular formula is C28H25N5. The molecule has 5 nitrogen and oxygen atoms in total. The Morgan fingerprint density at radius 3 is 2.06 bits per heavy atom. The number of benzene rings is 3. The topological polar surface area (TPSA) is 57.7 Å². The molecule has 4 aromatic rings. The van der Waals surface area contributed by atoms with Crippen molar-refractivity contribution in [3.05, 3.63) is 102 Å². The lowest BCUT2D eigenvalue weighted by Crippen LogP contribution is -2.09. The van der Waals surface area contributed by atoms with Crippen LogP contribution in [-0.4, -0.2) is 14.8 Å². The molecule has 0 fully saturated rings. The molecule has 1 aliphatic heterocycles. The van der Waals surface area contributed by atoms with Crippen molar-refractivity contribution in [2.75, 3.05) is 4.90 Å². The maximum atomic E-state index is 9.86. The van der Waals surface area contributed by atoms with E-state index in [0.29, 0.717) is 11.4 Å². The predicted molar refractivity (Wildman–Crippen MR) is 132 cm³/mol. The highest BCUT2D eigenvalue weighted by Crippen LogP contribution is 2.34. The van der Waals surface area contributed by atoms with Gasteiger partial charge in [-0.1, -0.05) is 55.0 Å². The fraction of sp³-hybridized carbons (Fsp3) is 0.179. The number of hydrogen-bond donors (Lipinski definition) is 0. The number of nitrogens with zero attached hydrogens (tertiary/aromatic N) is 5. The van der Waals surface area contributed by atoms with Crippen LogP contribution >= 0.6 is 0 Å². The van der Waals surface area contributed by atoms with Crippen LogP contribution in [0.5, 0.6) is 0 Å². The Morgan fingerprint density at radius 1 is 0.788 bits per heavy atom. The van der Waals surface area contributed by atoms with Crippen molar-refractivity contribution in [1.29, 1.82) is 5.26 Å². The molecular weight excluding hydrogens is 406 g/mol. The number of aromatic nitrogens is 3. The average molecular weight is 432 g/mol. The van der Waals surface area contributed by atoms with Gasteiger partial charge >= 0.3 is 0 Å². The standard InChI is InChI=1S/C28H25N5/c29-21-23(28-31-30-27-14-8-3-9-19-32(27)28)20-22-15-17-26(18-16-22)33(24-10-4-1-5-11-24)25-12-6-2-7-13-25/h1-2,4-7,10-13,15-18,20H,3,8-9,14,19H2/b23-20-. The van der Waals surface area contributed by atoms with Crippen LogP contribution in [0.2, 0.25) is 0 Å². The van der Waals surface area contributed by atoms with Crippen LogP contribution in [0.15, 0.2) is 84.9 Å². The van der Waals surface area contributed by atoms with Gasteiger partial charge in [0, 0.05) is 30.0 Å². The van der Waals surface area contributed by atoms with E-state index in [0.717, 1.165) is 54.3 Å². The van der Waals surface area contributed by atoms with Gasteiger partial charge in [0.25, 0.3) is 0 Å². The first-order valence-corrected chi connectivity index (χ1v) is 11.4. The zero-order valence-corrected chi connectivity index (χ0v) is 18.4. The van der Waals surface area contributed by atoms with E-state index in [-0.39, 0.29) is 0 Å². The summed E-state index contributed by atoms with van der Waals surface area (Å²) in [5, 5.41) is 18.6. The number of anilines is 3. The summed E-state index contributed by atoms with van der Waals surface area (Å²) in [7, 11) is 0. The Morgan fingerprint density at radius 2 is 1.42 bits per heavy atom. The molecule has 0 amide bonds. The van der Waals surface area contributed by atoms with Crippen LogP contribution in [0.4, 0.5) is 17.1 Å². The number of aryl methyl sites for hydroxylation is 1. The van der Waals surface area contributed by atoms with Gasteiger partial charge < -0.3 is 9.47 Å². The van der Waals surface area contributed by atoms with Crippen LogP contribution in [0, 0.1) is 11.3 Å². The van der Waals surface area contributed by atoms with Crippen LogP contribution in [0.3, 0.4) is 0 Å². The Kier molecular flexibility index (Phi) is 5.99. The van der Waals surface area contributed by atoms with Crippen molar-refractivity contribution in [1.82, 2.24) is 14.8 Å². The third kappa shape index (κ3) is 4.42. The highest BCUT2D eigenvalue weighted by molar-refractivity contribution is 5.87. The molecule has 2 heterocycles. The molecule has 0 N–H and O–H groups in total. The molecule has 0 saturated carbocycles. The first-order chi connectivity index (χ1) is 16.3. The second-order valence-corrected chi connectivity index (χ2v) is 8.17. The number of fused-ring (bicyclic) bond motifs is 1. The highest BCUT2D eigenvalue weighted by Gasteiger charge is 2.18. The van der Waals surface area contributed by atoms with Crippen molar-refractivity contribution < 1.29 is 0 Å². The summed E-state index contributed by atoms with van der Waals surface area (Å²) in [6.45, 7) is 0.874. The predicted octanol–water partition coefficient (Wildman–Crippen LogP) is 6.54. The van der Waals surface area contributed by atoms with E-state index < -0.39 is 0 Å². The maximum Gasteiger partial charge on any atom is 0.174 e. The largest absolute Gasteiger partial charge is 0.311 e. The first kappa shape index (κ1) is 20.7. The minimum Gasteiger partial charge on any atom is -0.311 e. The molecule has 0 bridgehead atoms. The quantitative estimate of drug-likeness (QED) is 0.337. The molecule has 0 spiro atoms. The lowest BCUT2D eigenvalue weighted by atomic mass is 10.1. The molecule has 0 aliphatic carbocycles. The van der Waals surface area contributed by atoms with Gasteiger partial charge in [-0.25, -0.2) is 0 Å². The molecule has 5 heteroatoms. The maximum absolute atomic E-state index is 9.86. The SMILES string of the molecule is N#C/C(=C/c1ccc(N(c2ccccc2)c2ccccc2)cc1)c1nnc2n1CCCCC2. The molecule has 5 rings (SSSR count). The lowest BCUT2D eigenvalue weighted by Gasteiger charge is -2.25. The summed E-state index contributed by atoms with van der Waals surface area (Å²) in [5.74, 6) is 1.66. The van der Waals surface area contributed by atoms with E-state index in [1.165, 1.54) is 6.42 Å². The van der Waals surface area contributed by atoms with Crippen molar-refractivity contribution >= 4 is 28.7 Å². The number of allylic oxidation sites excluding steroid dienone is 1. The van der Waals surface area contributed by atoms with Crippen LogP contribution in [-0.2, 0) is 13.0 Å². The lowest BCUT2D eigenvalue weighted by molar-refractivity contribution is 0.627. The molecule has 162 valence electrons. The van der Waals surface area contributed by atoms with Crippen molar-refractivity contribution in [2.24, 2.45) is 0 Å². The minimum absolute atomic E-state index is 0.548. The number of rotatable bonds is 5. The Labute approximate surface area is 194 Å². The fourth-order valence-corrected chi connectivity index (χ4v) is 4.32. The number of nitriles is 1. The molecule has 0 atom stereocenters. The van der Waals surface area contributed by atoms with Gasteiger partial charge in [0.15, 0.2) is 5.82 Å². The summed E-state index contributed by atoms with van der Waals surface area (Å²) in [5.41, 5.74) is 4.75. The molecule has 0 unspecified atom stereocenters. The van der Waals surface area contributed by atoms with E-state index in [1.54, 1.807) is 0 Å². The van der Waals surface area contributed by atoms with E-state index in [9.17, 15) is 5.26 Å². The summed E-state index contributed by atoms with van der Waals surface area (Å²) in [6, 6.07) is 31.2. The number of para-hydroxylation sites is 2. The highest BCUT2D eigenvalue weighted by atomic mass is 15.3. The Bertz CT molecular complexity index is 1240. The molecule has 0 radical (unpaired) electrons. The van der Waals surface area contributed by atoms with Gasteiger partial charge in [-0.05, 0) is 60.9 Å². The summed E-state index contributed by atoms with van der Waals surface area (Å²) in [4.78, 5) is 2.22. The Hall–Kier alpha value is -4.17. The van der Waals surface area contributed by atoms with E-state index >= 15 is 0 Å².